The molecule has 0 aliphatic heterocycles. The molecule has 0 heterocycles. The molecule has 0 aromatic carbocycles. The number of rotatable bonds is 14. The maximum Gasteiger partial charge on any atom is 0.500 e. The van der Waals surface area contributed by atoms with Gasteiger partial charge < -0.3 is 33.0 Å². The van der Waals surface area contributed by atoms with Crippen LogP contribution in [0.15, 0.2) is 25.3 Å². The Bertz CT molecular complexity index is 548. The van der Waals surface area contributed by atoms with Crippen LogP contribution in [0.25, 0.3) is 0 Å². The van der Waals surface area contributed by atoms with Gasteiger partial charge in [0.1, 0.15) is 18.8 Å². The first-order chi connectivity index (χ1) is 13.6. The summed E-state index contributed by atoms with van der Waals surface area (Å²) < 4.78 is 26.1. The van der Waals surface area contributed by atoms with E-state index in [-0.39, 0.29) is 13.2 Å². The van der Waals surface area contributed by atoms with E-state index in [4.69, 9.17) is 22.8 Å². The molecule has 11 heteroatoms. The molecule has 166 valence electrons. The van der Waals surface area contributed by atoms with Crippen LogP contribution in [-0.4, -0.2) is 85.3 Å². The second-order valence-electron chi connectivity index (χ2n) is 6.43. The highest BCUT2D eigenvalue weighted by Crippen LogP contribution is 2.15. The van der Waals surface area contributed by atoms with Crippen molar-refractivity contribution in [3.05, 3.63) is 25.3 Å². The molecule has 0 atom stereocenters. The Morgan fingerprint density at radius 2 is 1.45 bits per heavy atom. The van der Waals surface area contributed by atoms with Gasteiger partial charge in [-0.2, -0.15) is 0 Å². The van der Waals surface area contributed by atoms with Crippen molar-refractivity contribution in [1.82, 2.24) is 10.2 Å². The topological polar surface area (TPSA) is 113 Å². The molecule has 0 aromatic heterocycles. The van der Waals surface area contributed by atoms with Crippen LogP contribution in [0.4, 0.5) is 4.79 Å². The van der Waals surface area contributed by atoms with Crippen LogP contribution in [0, 0.1) is 0 Å². The maximum absolute atomic E-state index is 12.6. The van der Waals surface area contributed by atoms with Gasteiger partial charge in [-0.15, -0.1) is 0 Å². The third-order valence-electron chi connectivity index (χ3n) is 4.06. The molecule has 0 unspecified atom stereocenters. The number of ether oxygens (including phenoxy) is 2. The van der Waals surface area contributed by atoms with E-state index >= 15 is 0 Å². The molecule has 2 amide bonds. The Labute approximate surface area is 173 Å². The summed E-state index contributed by atoms with van der Waals surface area (Å²) in [6.45, 7) is 8.19. The first-order valence-electron chi connectivity index (χ1n) is 8.88. The minimum absolute atomic E-state index is 0.213. The number of urea groups is 1. The van der Waals surface area contributed by atoms with Crippen LogP contribution in [0.3, 0.4) is 0 Å². The maximum atomic E-state index is 12.6. The van der Waals surface area contributed by atoms with E-state index in [2.05, 4.69) is 18.5 Å². The average molecular weight is 433 g/mol. The number of carbonyl (C=O) groups is 3. The predicted octanol–water partition coefficient (Wildman–Crippen LogP) is 1.11. The molecular weight excluding hydrogens is 400 g/mol. The van der Waals surface area contributed by atoms with Crippen LogP contribution in [-0.2, 0) is 32.3 Å². The van der Waals surface area contributed by atoms with Gasteiger partial charge in [-0.1, -0.05) is 13.2 Å². The van der Waals surface area contributed by atoms with Crippen molar-refractivity contribution < 1.29 is 37.1 Å². The van der Waals surface area contributed by atoms with Gasteiger partial charge in [-0.25, -0.2) is 14.4 Å². The monoisotopic (exact) mass is 432 g/mol. The van der Waals surface area contributed by atoms with Crippen LogP contribution < -0.4 is 5.32 Å². The molecule has 0 saturated heterocycles. The van der Waals surface area contributed by atoms with E-state index in [0.29, 0.717) is 19.0 Å². The Kier molecular flexibility index (Phi) is 12.1. The molecule has 0 aliphatic rings. The molecule has 0 fully saturated rings. The van der Waals surface area contributed by atoms with Gasteiger partial charge in [0.05, 0.1) is 0 Å². The molecule has 29 heavy (non-hydrogen) atoms. The molecule has 0 radical (unpaired) electrons. The Morgan fingerprint density at radius 3 is 1.83 bits per heavy atom. The lowest BCUT2D eigenvalue weighted by molar-refractivity contribution is -0.144. The van der Waals surface area contributed by atoms with Crippen molar-refractivity contribution in [2.24, 2.45) is 0 Å². The van der Waals surface area contributed by atoms with Gasteiger partial charge in [0, 0.05) is 53.1 Å². The van der Waals surface area contributed by atoms with E-state index in [1.807, 2.05) is 0 Å². The minimum Gasteiger partial charge on any atom is -0.460 e. The third kappa shape index (κ3) is 9.70. The molecular formula is C18H32N2O8Si. The molecule has 10 nitrogen and oxygen atoms in total. The summed E-state index contributed by atoms with van der Waals surface area (Å²) in [6.07, 6.45) is 2.59. The SMILES string of the molecule is C=CC(=O)OCC(C)(COC(=O)C=C)NC(=O)N(C)CCC[Si](OC)(OC)OC. The lowest BCUT2D eigenvalue weighted by Gasteiger charge is -2.32. The number of amides is 2. The van der Waals surface area contributed by atoms with Crippen LogP contribution >= 0.6 is 0 Å². The molecule has 0 aliphatic carbocycles. The summed E-state index contributed by atoms with van der Waals surface area (Å²) in [5, 5.41) is 2.72. The fourth-order valence-corrected chi connectivity index (χ4v) is 3.94. The van der Waals surface area contributed by atoms with E-state index < -0.39 is 32.3 Å². The van der Waals surface area contributed by atoms with Crippen molar-refractivity contribution in [3.8, 4) is 0 Å². The van der Waals surface area contributed by atoms with E-state index in [0.717, 1.165) is 12.2 Å². The largest absolute Gasteiger partial charge is 0.500 e. The van der Waals surface area contributed by atoms with Gasteiger partial charge >= 0.3 is 26.8 Å². The second kappa shape index (κ2) is 13.1. The zero-order valence-corrected chi connectivity index (χ0v) is 18.8. The molecule has 0 bridgehead atoms. The number of hydrogen-bond donors (Lipinski definition) is 1. The molecule has 0 rings (SSSR count). The van der Waals surface area contributed by atoms with Crippen molar-refractivity contribution in [2.75, 3.05) is 48.1 Å². The fourth-order valence-electron chi connectivity index (χ4n) is 2.24. The minimum atomic E-state index is -2.72. The van der Waals surface area contributed by atoms with Crippen LogP contribution in [0.5, 0.6) is 0 Å². The quantitative estimate of drug-likeness (QED) is 0.247. The van der Waals surface area contributed by atoms with Crippen LogP contribution in [0.1, 0.15) is 13.3 Å². The van der Waals surface area contributed by atoms with Crippen molar-refractivity contribution >= 4 is 26.8 Å². The lowest BCUT2D eigenvalue weighted by Crippen LogP contribution is -2.56. The summed E-state index contributed by atoms with van der Waals surface area (Å²) in [4.78, 5) is 36.8. The summed E-state index contributed by atoms with van der Waals surface area (Å²) in [6, 6.07) is 0.0931. The lowest BCUT2D eigenvalue weighted by atomic mass is 10.1. The zero-order chi connectivity index (χ0) is 22.5. The average Bonchev–Trinajstić information content (AvgIpc) is 2.73. The third-order valence-corrected chi connectivity index (χ3v) is 6.90. The van der Waals surface area contributed by atoms with Gasteiger partial charge in [-0.05, 0) is 13.3 Å². The highest BCUT2D eigenvalue weighted by atomic mass is 28.4. The predicted molar refractivity (Wildman–Crippen MR) is 108 cm³/mol. The normalized spacial score (nSPS) is 11.3. The zero-order valence-electron chi connectivity index (χ0n) is 17.8. The fraction of sp³-hybridized carbons (Fsp3) is 0.611. The number of nitrogens with one attached hydrogen (secondary N) is 1. The molecule has 1 N–H and O–H groups in total. The van der Waals surface area contributed by atoms with Gasteiger partial charge in [-0.3, -0.25) is 0 Å². The second-order valence-corrected chi connectivity index (χ2v) is 9.53. The highest BCUT2D eigenvalue weighted by molar-refractivity contribution is 6.60. The molecule has 0 aromatic rings. The van der Waals surface area contributed by atoms with Crippen LogP contribution in [0.2, 0.25) is 6.04 Å². The number of hydrogen-bond acceptors (Lipinski definition) is 8. The summed E-state index contributed by atoms with van der Waals surface area (Å²) in [5.74, 6) is -1.32. The smallest absolute Gasteiger partial charge is 0.460 e. The number of esters is 2. The van der Waals surface area contributed by atoms with Crippen molar-refractivity contribution in [3.63, 3.8) is 0 Å². The van der Waals surface area contributed by atoms with Gasteiger partial charge in [0.15, 0.2) is 0 Å². The van der Waals surface area contributed by atoms with Gasteiger partial charge in [0.25, 0.3) is 0 Å². The molecule has 0 spiro atoms. The summed E-state index contributed by atoms with van der Waals surface area (Å²) in [5.41, 5.74) is -1.15. The number of carbonyl (C=O) groups excluding carboxylic acids is 3. The van der Waals surface area contributed by atoms with E-state index in [9.17, 15) is 14.4 Å². The first kappa shape index (κ1) is 26.8. The van der Waals surface area contributed by atoms with E-state index in [1.165, 1.54) is 26.2 Å². The Hall–Kier alpha value is -2.21. The van der Waals surface area contributed by atoms with Crippen molar-refractivity contribution in [1.29, 1.82) is 0 Å². The standard InChI is InChI=1S/C18H32N2O8Si/c1-8-15(21)27-13-18(3,14-28-16(22)9-2)19-17(23)20(4)11-10-12-29(24-5,25-6)26-7/h8-9H,1-2,10-14H2,3-7H3,(H,19,23). The summed E-state index contributed by atoms with van der Waals surface area (Å²) >= 11 is 0. The molecule has 0 saturated carbocycles. The highest BCUT2D eigenvalue weighted by Gasteiger charge is 2.37. The van der Waals surface area contributed by atoms with Gasteiger partial charge in [0.2, 0.25) is 0 Å². The van der Waals surface area contributed by atoms with Crippen molar-refractivity contribution in [2.45, 2.75) is 24.9 Å². The van der Waals surface area contributed by atoms with E-state index in [1.54, 1.807) is 14.0 Å². The first-order valence-corrected chi connectivity index (χ1v) is 10.8. The summed E-state index contributed by atoms with van der Waals surface area (Å²) in [7, 11) is 3.46. The number of nitrogens with zero attached hydrogens (tertiary/aromatic N) is 1. The Balaban J connectivity index is 4.90. The Morgan fingerprint density at radius 1 is 1.00 bits per heavy atom.